The number of benzene rings is 1. The number of nitrogens with one attached hydrogen (secondary N) is 2. The number of rotatable bonds is 6. The quantitative estimate of drug-likeness (QED) is 0.750. The predicted molar refractivity (Wildman–Crippen MR) is 88.1 cm³/mol. The van der Waals surface area contributed by atoms with Crippen LogP contribution in [-0.2, 0) is 22.4 Å². The van der Waals surface area contributed by atoms with E-state index in [0.717, 1.165) is 55.3 Å². The minimum absolute atomic E-state index is 0.00308. The molecule has 0 aromatic heterocycles. The van der Waals surface area contributed by atoms with Crippen molar-refractivity contribution in [2.75, 3.05) is 11.9 Å². The van der Waals surface area contributed by atoms with Gasteiger partial charge in [0.25, 0.3) is 0 Å². The van der Waals surface area contributed by atoms with Crippen LogP contribution in [0.3, 0.4) is 0 Å². The van der Waals surface area contributed by atoms with E-state index in [0.29, 0.717) is 19.4 Å². The average molecular weight is 316 g/mol. The summed E-state index contributed by atoms with van der Waals surface area (Å²) >= 11 is 0. The fourth-order valence-electron chi connectivity index (χ4n) is 3.45. The molecule has 1 aromatic carbocycles. The van der Waals surface area contributed by atoms with Crippen LogP contribution in [0.2, 0.25) is 0 Å². The SMILES string of the molecule is O=C(CCCc1ccc2c(c1)CC(=O)N2)NCC1(O)CCCC1. The second-order valence-corrected chi connectivity index (χ2v) is 6.78. The molecule has 0 unspecified atom stereocenters. The molecule has 5 heteroatoms. The molecule has 0 bridgehead atoms. The Hall–Kier alpha value is -1.88. The maximum Gasteiger partial charge on any atom is 0.228 e. The Kier molecular flexibility index (Phi) is 4.66. The lowest BCUT2D eigenvalue weighted by Gasteiger charge is -2.22. The van der Waals surface area contributed by atoms with Gasteiger partial charge < -0.3 is 15.7 Å². The minimum atomic E-state index is -0.685. The first-order chi connectivity index (χ1) is 11.0. The van der Waals surface area contributed by atoms with E-state index in [4.69, 9.17) is 0 Å². The third-order valence-electron chi connectivity index (χ3n) is 4.81. The lowest BCUT2D eigenvalue weighted by Crippen LogP contribution is -2.40. The van der Waals surface area contributed by atoms with Crippen LogP contribution < -0.4 is 10.6 Å². The Morgan fingerprint density at radius 2 is 2.09 bits per heavy atom. The number of carbonyl (C=O) groups is 2. The smallest absolute Gasteiger partial charge is 0.228 e. The van der Waals surface area contributed by atoms with Crippen molar-refractivity contribution in [1.29, 1.82) is 0 Å². The Morgan fingerprint density at radius 3 is 2.87 bits per heavy atom. The molecule has 3 N–H and O–H groups in total. The van der Waals surface area contributed by atoms with Gasteiger partial charge in [-0.15, -0.1) is 0 Å². The average Bonchev–Trinajstić information content (AvgIpc) is 3.10. The molecule has 23 heavy (non-hydrogen) atoms. The van der Waals surface area contributed by atoms with Crippen LogP contribution in [0.15, 0.2) is 18.2 Å². The van der Waals surface area contributed by atoms with Gasteiger partial charge in [-0.2, -0.15) is 0 Å². The lowest BCUT2D eigenvalue weighted by molar-refractivity contribution is -0.122. The van der Waals surface area contributed by atoms with Crippen molar-refractivity contribution in [2.45, 2.75) is 57.0 Å². The summed E-state index contributed by atoms with van der Waals surface area (Å²) in [6, 6.07) is 5.99. The second-order valence-electron chi connectivity index (χ2n) is 6.78. The van der Waals surface area contributed by atoms with Crippen LogP contribution in [0.4, 0.5) is 5.69 Å². The molecule has 0 spiro atoms. The number of aliphatic hydroxyl groups is 1. The van der Waals surface area contributed by atoms with Gasteiger partial charge in [0.2, 0.25) is 11.8 Å². The zero-order valence-electron chi connectivity index (χ0n) is 13.4. The zero-order valence-corrected chi connectivity index (χ0v) is 13.4. The van der Waals surface area contributed by atoms with Gasteiger partial charge in [0.1, 0.15) is 0 Å². The highest BCUT2D eigenvalue weighted by Crippen LogP contribution is 2.28. The normalized spacial score (nSPS) is 18.6. The monoisotopic (exact) mass is 316 g/mol. The van der Waals surface area contributed by atoms with E-state index in [1.54, 1.807) is 0 Å². The highest BCUT2D eigenvalue weighted by molar-refractivity contribution is 5.99. The number of amides is 2. The van der Waals surface area contributed by atoms with Gasteiger partial charge >= 0.3 is 0 Å². The van der Waals surface area contributed by atoms with Gasteiger partial charge in [0.15, 0.2) is 0 Å². The third kappa shape index (κ3) is 4.10. The second kappa shape index (κ2) is 6.71. The minimum Gasteiger partial charge on any atom is -0.388 e. The van der Waals surface area contributed by atoms with Gasteiger partial charge in [-0.05, 0) is 42.9 Å². The van der Waals surface area contributed by atoms with Crippen LogP contribution in [0.25, 0.3) is 0 Å². The van der Waals surface area contributed by atoms with Gasteiger partial charge in [-0.25, -0.2) is 0 Å². The molecule has 1 aliphatic heterocycles. The van der Waals surface area contributed by atoms with E-state index in [1.807, 2.05) is 18.2 Å². The molecule has 5 nitrogen and oxygen atoms in total. The molecule has 1 fully saturated rings. The Morgan fingerprint density at radius 1 is 1.30 bits per heavy atom. The Labute approximate surface area is 136 Å². The maximum absolute atomic E-state index is 11.9. The summed E-state index contributed by atoms with van der Waals surface area (Å²) in [7, 11) is 0. The van der Waals surface area contributed by atoms with E-state index < -0.39 is 5.60 Å². The molecule has 1 saturated carbocycles. The van der Waals surface area contributed by atoms with E-state index in [9.17, 15) is 14.7 Å². The molecule has 0 radical (unpaired) electrons. The van der Waals surface area contributed by atoms with Crippen LogP contribution >= 0.6 is 0 Å². The van der Waals surface area contributed by atoms with Crippen LogP contribution in [0, 0.1) is 0 Å². The summed E-state index contributed by atoms with van der Waals surface area (Å²) in [5.41, 5.74) is 2.42. The van der Waals surface area contributed by atoms with Crippen molar-refractivity contribution in [1.82, 2.24) is 5.32 Å². The van der Waals surface area contributed by atoms with E-state index >= 15 is 0 Å². The van der Waals surface area contributed by atoms with Crippen molar-refractivity contribution in [3.05, 3.63) is 29.3 Å². The van der Waals surface area contributed by atoms with Crippen LogP contribution in [0.5, 0.6) is 0 Å². The van der Waals surface area contributed by atoms with Gasteiger partial charge in [0, 0.05) is 18.7 Å². The fourth-order valence-corrected chi connectivity index (χ4v) is 3.45. The first-order valence-electron chi connectivity index (χ1n) is 8.45. The van der Waals surface area contributed by atoms with E-state index in [2.05, 4.69) is 10.6 Å². The summed E-state index contributed by atoms with van der Waals surface area (Å²) in [6.45, 7) is 0.373. The molecule has 2 amide bonds. The van der Waals surface area contributed by atoms with Crippen molar-refractivity contribution in [3.63, 3.8) is 0 Å². The molecule has 1 aliphatic carbocycles. The predicted octanol–water partition coefficient (Wildman–Crippen LogP) is 1.93. The van der Waals surface area contributed by atoms with Crippen molar-refractivity contribution >= 4 is 17.5 Å². The summed E-state index contributed by atoms with van der Waals surface area (Å²) in [5.74, 6) is 0.0460. The number of hydrogen-bond donors (Lipinski definition) is 3. The standard InChI is InChI=1S/C18H24N2O3/c21-16(19-12-18(23)8-1-2-9-18)5-3-4-13-6-7-15-14(10-13)11-17(22)20-15/h6-7,10,23H,1-5,8-9,11-12H2,(H,19,21)(H,20,22). The summed E-state index contributed by atoms with van der Waals surface area (Å²) in [6.07, 6.45) is 6.16. The molecular weight excluding hydrogens is 292 g/mol. The zero-order chi connectivity index (χ0) is 16.3. The number of fused-ring (bicyclic) bond motifs is 1. The van der Waals surface area contributed by atoms with Gasteiger partial charge in [-0.1, -0.05) is 25.0 Å². The van der Waals surface area contributed by atoms with Crippen LogP contribution in [-0.4, -0.2) is 29.1 Å². The van der Waals surface area contributed by atoms with Crippen molar-refractivity contribution in [3.8, 4) is 0 Å². The molecular formula is C18H24N2O3. The maximum atomic E-state index is 11.9. The number of aryl methyl sites for hydroxylation is 1. The highest BCUT2D eigenvalue weighted by atomic mass is 16.3. The molecule has 2 aliphatic rings. The van der Waals surface area contributed by atoms with E-state index in [-0.39, 0.29) is 11.8 Å². The van der Waals surface area contributed by atoms with Crippen molar-refractivity contribution in [2.24, 2.45) is 0 Å². The molecule has 1 aromatic rings. The van der Waals surface area contributed by atoms with Gasteiger partial charge in [0.05, 0.1) is 12.0 Å². The number of carbonyl (C=O) groups excluding carboxylic acids is 2. The molecule has 0 saturated heterocycles. The largest absolute Gasteiger partial charge is 0.388 e. The first-order valence-corrected chi connectivity index (χ1v) is 8.45. The topological polar surface area (TPSA) is 78.4 Å². The molecule has 3 rings (SSSR count). The van der Waals surface area contributed by atoms with Crippen molar-refractivity contribution < 1.29 is 14.7 Å². The summed E-state index contributed by atoms with van der Waals surface area (Å²) in [4.78, 5) is 23.2. The highest BCUT2D eigenvalue weighted by Gasteiger charge is 2.31. The van der Waals surface area contributed by atoms with Crippen LogP contribution in [0.1, 0.15) is 49.7 Å². The lowest BCUT2D eigenvalue weighted by atomic mass is 10.0. The molecule has 1 heterocycles. The fraction of sp³-hybridized carbons (Fsp3) is 0.556. The summed E-state index contributed by atoms with van der Waals surface area (Å²) < 4.78 is 0. The number of hydrogen-bond acceptors (Lipinski definition) is 3. The molecule has 124 valence electrons. The Balaban J connectivity index is 1.40. The Bertz CT molecular complexity index is 606. The number of anilines is 1. The molecule has 0 atom stereocenters. The summed E-state index contributed by atoms with van der Waals surface area (Å²) in [5, 5.41) is 15.9. The van der Waals surface area contributed by atoms with E-state index in [1.165, 1.54) is 0 Å². The first kappa shape index (κ1) is 16.0. The third-order valence-corrected chi connectivity index (χ3v) is 4.81. The van der Waals surface area contributed by atoms with Gasteiger partial charge in [-0.3, -0.25) is 9.59 Å².